The van der Waals surface area contributed by atoms with Gasteiger partial charge in [0.05, 0.1) is 21.8 Å². The molecule has 8 rings (SSSR count). The summed E-state index contributed by atoms with van der Waals surface area (Å²) in [6, 6.07) is 7.95. The normalized spacial score (nSPS) is 23.5. The number of hydrogen-bond acceptors (Lipinski definition) is 8. The number of hydrogen-bond donors (Lipinski definition) is 0. The van der Waals surface area contributed by atoms with Crippen LogP contribution < -0.4 is 9.47 Å². The van der Waals surface area contributed by atoms with Crippen LogP contribution in [0, 0.1) is 23.1 Å². The number of halogens is 4. The van der Waals surface area contributed by atoms with E-state index in [1.165, 1.54) is 13.2 Å². The average Bonchev–Trinajstić information content (AvgIpc) is 3.85. The molecule has 4 saturated heterocycles. The summed E-state index contributed by atoms with van der Waals surface area (Å²) in [5.41, 5.74) is 4.45. The Balaban J connectivity index is 1.31. The fraction of sp³-hybridized carbons (Fsp3) is 0.588. The number of aromatic nitrogens is 2. The highest BCUT2D eigenvalue weighted by Crippen LogP contribution is 2.49. The van der Waals surface area contributed by atoms with Crippen molar-refractivity contribution >= 4 is 47.4 Å². The number of fused-ring (bicyclic) bond motifs is 5. The molecule has 1 aromatic heterocycles. The third-order valence-electron chi connectivity index (χ3n) is 14.8. The third-order valence-corrected chi connectivity index (χ3v) is 21.4. The van der Waals surface area contributed by atoms with E-state index in [9.17, 15) is 9.18 Å². The highest BCUT2D eigenvalue weighted by atomic mass is 35.5. The molecule has 9 nitrogen and oxygen atoms in total. The van der Waals surface area contributed by atoms with Crippen LogP contribution in [-0.2, 0) is 9.47 Å². The van der Waals surface area contributed by atoms with Gasteiger partial charge in [0, 0.05) is 54.4 Å². The van der Waals surface area contributed by atoms with E-state index in [2.05, 4.69) is 57.9 Å². The van der Waals surface area contributed by atoms with Crippen LogP contribution in [0.1, 0.15) is 124 Å². The van der Waals surface area contributed by atoms with Gasteiger partial charge in [-0.3, -0.25) is 4.90 Å². The summed E-state index contributed by atoms with van der Waals surface area (Å²) in [6.07, 6.45) is 3.51. The Bertz CT molecular complexity index is 2510. The molecule has 350 valence electrons. The number of piperidine rings is 1. The molecule has 0 N–H and O–H groups in total. The lowest BCUT2D eigenvalue weighted by atomic mass is 9.86. The maximum atomic E-state index is 18.1. The first-order valence-corrected chi connectivity index (χ1v) is 26.0. The summed E-state index contributed by atoms with van der Waals surface area (Å²) in [4.78, 5) is 27.3. The fourth-order valence-corrected chi connectivity index (χ4v) is 17.5. The van der Waals surface area contributed by atoms with Gasteiger partial charge in [-0.05, 0) is 118 Å². The molecule has 65 heavy (non-hydrogen) atoms. The van der Waals surface area contributed by atoms with Gasteiger partial charge < -0.3 is 23.8 Å². The number of amides is 1. The smallest absolute Gasteiger partial charge is 0.410 e. The average molecular weight is 934 g/mol. The maximum absolute atomic E-state index is 18.1. The van der Waals surface area contributed by atoms with E-state index in [-0.39, 0.29) is 65.2 Å². The molecule has 0 saturated carbocycles. The largest absolute Gasteiger partial charge is 0.468 e. The Hall–Kier alpha value is -4.09. The second-order valence-corrected chi connectivity index (χ2v) is 26.8. The van der Waals surface area contributed by atoms with Crippen molar-refractivity contribution in [3.05, 3.63) is 58.2 Å². The predicted octanol–water partition coefficient (Wildman–Crippen LogP) is 12.5. The SMILES string of the molecule is COCOc1cc(-c2c(Cl)cc3c(C4CC5CCC(C4)N5C(=O)OC(C)(C)C)nc(OC[C@@]45CCCN4C[C@H](F)C5)nc3c2F)c2c(C#C[Si](C(C)C)(C(C)C)C(C)C)c(F)ccc2c1. The predicted molar refractivity (Wildman–Crippen MR) is 253 cm³/mol. The molecule has 1 amide bonds. The first-order valence-electron chi connectivity index (χ1n) is 23.4. The van der Waals surface area contributed by atoms with Crippen molar-refractivity contribution < 1.29 is 36.9 Å². The van der Waals surface area contributed by atoms with E-state index >= 15 is 8.78 Å². The first kappa shape index (κ1) is 47.4. The molecule has 4 aliphatic rings. The Labute approximate surface area is 388 Å². The molecule has 2 bridgehead atoms. The van der Waals surface area contributed by atoms with Crippen LogP contribution in [0.2, 0.25) is 21.6 Å². The van der Waals surface area contributed by atoms with Crippen molar-refractivity contribution in [2.75, 3.05) is 33.6 Å². The molecule has 4 aromatic rings. The minimum Gasteiger partial charge on any atom is -0.468 e. The van der Waals surface area contributed by atoms with Crippen LogP contribution in [0.5, 0.6) is 11.8 Å². The van der Waals surface area contributed by atoms with Crippen LogP contribution in [0.3, 0.4) is 0 Å². The van der Waals surface area contributed by atoms with Crippen molar-refractivity contribution in [3.8, 4) is 34.4 Å². The molecule has 3 aromatic carbocycles. The van der Waals surface area contributed by atoms with Gasteiger partial charge in [-0.25, -0.2) is 18.0 Å². The van der Waals surface area contributed by atoms with Gasteiger partial charge in [-0.2, -0.15) is 9.97 Å². The zero-order valence-corrected chi connectivity index (χ0v) is 41.3. The van der Waals surface area contributed by atoms with Crippen molar-refractivity contribution in [3.63, 3.8) is 0 Å². The first-order chi connectivity index (χ1) is 30.8. The van der Waals surface area contributed by atoms with Crippen LogP contribution in [0.15, 0.2) is 30.3 Å². The quantitative estimate of drug-likeness (QED) is 0.0835. The minimum absolute atomic E-state index is 0.00636. The van der Waals surface area contributed by atoms with Gasteiger partial charge in [0.15, 0.2) is 12.6 Å². The van der Waals surface area contributed by atoms with Crippen molar-refractivity contribution in [2.24, 2.45) is 0 Å². The molecule has 0 spiro atoms. The lowest BCUT2D eigenvalue weighted by molar-refractivity contribution is 0.00570. The molecule has 14 heteroatoms. The highest BCUT2D eigenvalue weighted by molar-refractivity contribution is 6.90. The third kappa shape index (κ3) is 8.82. The van der Waals surface area contributed by atoms with Gasteiger partial charge in [-0.15, -0.1) is 5.54 Å². The summed E-state index contributed by atoms with van der Waals surface area (Å²) >= 11 is 7.31. The van der Waals surface area contributed by atoms with Crippen LogP contribution >= 0.6 is 11.6 Å². The summed E-state index contributed by atoms with van der Waals surface area (Å²) in [6.45, 7) is 20.0. The Morgan fingerprint density at radius 3 is 2.34 bits per heavy atom. The van der Waals surface area contributed by atoms with Crippen molar-refractivity contribution in [1.29, 1.82) is 0 Å². The van der Waals surface area contributed by atoms with Gasteiger partial charge in [0.1, 0.15) is 43.5 Å². The number of carbonyl (C=O) groups is 1. The zero-order chi connectivity index (χ0) is 46.7. The molecule has 4 atom stereocenters. The zero-order valence-electron chi connectivity index (χ0n) is 39.5. The van der Waals surface area contributed by atoms with Crippen molar-refractivity contribution in [1.82, 2.24) is 19.8 Å². The van der Waals surface area contributed by atoms with Gasteiger partial charge in [-0.1, -0.05) is 65.1 Å². The molecule has 4 fully saturated rings. The second kappa shape index (κ2) is 18.2. The summed E-state index contributed by atoms with van der Waals surface area (Å²) in [5.74, 6) is 2.26. The number of alkyl halides is 1. The fourth-order valence-electron chi connectivity index (χ4n) is 12.0. The number of rotatable bonds is 11. The van der Waals surface area contributed by atoms with Gasteiger partial charge in [0.2, 0.25) is 0 Å². The molecular formula is C51H64ClF3N4O5Si. The van der Waals surface area contributed by atoms with Crippen molar-refractivity contribution in [2.45, 2.75) is 159 Å². The number of nitrogens with zero attached hydrogens (tertiary/aromatic N) is 4. The van der Waals surface area contributed by atoms with E-state index in [1.54, 1.807) is 24.3 Å². The number of methoxy groups -OCH3 is 1. The molecule has 0 aliphatic carbocycles. The Morgan fingerprint density at radius 1 is 1.00 bits per heavy atom. The Morgan fingerprint density at radius 2 is 1.69 bits per heavy atom. The van der Waals surface area contributed by atoms with E-state index < -0.39 is 37.0 Å². The summed E-state index contributed by atoms with van der Waals surface area (Å²) < 4.78 is 73.0. The van der Waals surface area contributed by atoms with E-state index in [1.807, 2.05) is 25.7 Å². The minimum atomic E-state index is -2.34. The van der Waals surface area contributed by atoms with Gasteiger partial charge in [0.25, 0.3) is 0 Å². The number of ether oxygens (including phenoxy) is 4. The molecule has 0 radical (unpaired) electrons. The monoisotopic (exact) mass is 932 g/mol. The van der Waals surface area contributed by atoms with E-state index in [0.29, 0.717) is 75.6 Å². The maximum Gasteiger partial charge on any atom is 0.410 e. The second-order valence-electron chi connectivity index (χ2n) is 20.8. The molecule has 2 unspecified atom stereocenters. The van der Waals surface area contributed by atoms with Gasteiger partial charge >= 0.3 is 12.1 Å². The van der Waals surface area contributed by atoms with E-state index in [0.717, 1.165) is 32.2 Å². The Kier molecular flexibility index (Phi) is 13.3. The lowest BCUT2D eigenvalue weighted by Crippen LogP contribution is -2.48. The molecular weight excluding hydrogens is 869 g/mol. The number of benzene rings is 3. The van der Waals surface area contributed by atoms with Crippen LogP contribution in [0.25, 0.3) is 32.8 Å². The van der Waals surface area contributed by atoms with E-state index in [4.69, 9.17) is 40.5 Å². The lowest BCUT2D eigenvalue weighted by Gasteiger charge is -2.39. The van der Waals surface area contributed by atoms with Crippen LogP contribution in [-0.4, -0.2) is 96.9 Å². The standard InChI is InChI=1S/C51H64ClF3N4O5Si/c1-29(2)65(30(3)4,31(5)6)19-16-38-42(54)15-12-32-22-37(63-28-61-10)23-39(43(32)38)44-41(52)24-40-46(33-20-35-13-14-36(21-33)59(35)49(60)64-50(7,8)9)56-48(57-47(40)45(44)55)62-27-51-17-11-18-58(51)26-34(53)25-51/h12,15,22-24,29-31,33-36H,11,13-14,17-18,20-21,25-28H2,1-10H3/t33?,34-,35?,36?,51+/m1/s1. The molecule has 4 aliphatic heterocycles. The molecule has 5 heterocycles. The number of carbonyl (C=O) groups excluding carboxylic acids is 1. The van der Waals surface area contributed by atoms with Crippen LogP contribution in [0.4, 0.5) is 18.0 Å². The summed E-state index contributed by atoms with van der Waals surface area (Å²) in [7, 11) is -0.834. The summed E-state index contributed by atoms with van der Waals surface area (Å²) in [5, 5.41) is 1.49. The topological polar surface area (TPSA) is 86.2 Å². The highest BCUT2D eigenvalue weighted by Gasteiger charge is 2.50.